The third-order valence-electron chi connectivity index (χ3n) is 2.92. The number of benzene rings is 2. The number of anilines is 1. The number of hydrogen-bond acceptors (Lipinski definition) is 3. The number of amides is 1. The summed E-state index contributed by atoms with van der Waals surface area (Å²) in [5.74, 6) is -1.43. The van der Waals surface area contributed by atoms with Gasteiger partial charge in [-0.3, -0.25) is 4.79 Å². The summed E-state index contributed by atoms with van der Waals surface area (Å²) in [4.78, 5) is 12.4. The molecule has 0 radical (unpaired) electrons. The first-order valence-electron chi connectivity index (χ1n) is 6.20. The predicted molar refractivity (Wildman–Crippen MR) is 82.7 cm³/mol. The molecule has 1 unspecified atom stereocenters. The van der Waals surface area contributed by atoms with Gasteiger partial charge in [0.25, 0.3) is 0 Å². The van der Waals surface area contributed by atoms with Gasteiger partial charge in [-0.25, -0.2) is 0 Å². The average molecular weight is 304 g/mol. The van der Waals surface area contributed by atoms with Crippen LogP contribution in [0.4, 0.5) is 5.69 Å². The van der Waals surface area contributed by atoms with Crippen molar-refractivity contribution in [2.75, 3.05) is 5.32 Å². The first-order valence-corrected chi connectivity index (χ1v) is 6.58. The van der Waals surface area contributed by atoms with Crippen molar-refractivity contribution in [1.82, 2.24) is 0 Å². The number of carbonyl (C=O) groups is 1. The quantitative estimate of drug-likeness (QED) is 0.351. The Morgan fingerprint density at radius 3 is 2.33 bits per heavy atom. The van der Waals surface area contributed by atoms with E-state index in [0.717, 1.165) is 0 Å². The Kier molecular flexibility index (Phi) is 4.79. The zero-order valence-electron chi connectivity index (χ0n) is 11.0. The van der Waals surface area contributed by atoms with Crippen LogP contribution in [0.3, 0.4) is 0 Å². The number of oxime groups is 1. The molecule has 1 atom stereocenters. The molecule has 0 bridgehead atoms. The lowest BCUT2D eigenvalue weighted by Gasteiger charge is -2.16. The number of nitrogens with two attached hydrogens (primary N) is 1. The van der Waals surface area contributed by atoms with Crippen LogP contribution in [0, 0.1) is 0 Å². The summed E-state index contributed by atoms with van der Waals surface area (Å²) in [6.45, 7) is 0. The lowest BCUT2D eigenvalue weighted by molar-refractivity contribution is -0.116. The fraction of sp³-hybridized carbons (Fsp3) is 0.0667. The molecule has 2 aromatic carbocycles. The van der Waals surface area contributed by atoms with Crippen molar-refractivity contribution in [1.29, 1.82) is 0 Å². The van der Waals surface area contributed by atoms with E-state index in [1.807, 2.05) is 6.07 Å². The van der Waals surface area contributed by atoms with Gasteiger partial charge < -0.3 is 16.3 Å². The van der Waals surface area contributed by atoms with Gasteiger partial charge in [0.1, 0.15) is 5.92 Å². The monoisotopic (exact) mass is 303 g/mol. The second kappa shape index (κ2) is 6.76. The van der Waals surface area contributed by atoms with Gasteiger partial charge in [0, 0.05) is 10.7 Å². The summed E-state index contributed by atoms with van der Waals surface area (Å²) in [6, 6.07) is 15.5. The number of amidine groups is 1. The fourth-order valence-electron chi connectivity index (χ4n) is 1.91. The minimum absolute atomic E-state index is 0.173. The maximum absolute atomic E-state index is 12.4. The van der Waals surface area contributed by atoms with Crippen molar-refractivity contribution >= 4 is 29.0 Å². The second-order valence-corrected chi connectivity index (χ2v) is 4.80. The first-order chi connectivity index (χ1) is 10.1. The number of nitrogens with zero attached hydrogens (tertiary/aromatic N) is 1. The van der Waals surface area contributed by atoms with Gasteiger partial charge in [-0.05, 0) is 29.8 Å². The molecule has 0 aliphatic heterocycles. The predicted octanol–water partition coefficient (Wildman–Crippen LogP) is 2.81. The van der Waals surface area contributed by atoms with Gasteiger partial charge in [-0.2, -0.15) is 0 Å². The Balaban J connectivity index is 2.25. The minimum Gasteiger partial charge on any atom is -0.409 e. The van der Waals surface area contributed by atoms with E-state index in [9.17, 15) is 4.79 Å². The zero-order chi connectivity index (χ0) is 15.2. The molecular formula is C15H14ClN3O2. The van der Waals surface area contributed by atoms with E-state index in [4.69, 9.17) is 22.5 Å². The highest BCUT2D eigenvalue weighted by Crippen LogP contribution is 2.20. The van der Waals surface area contributed by atoms with Crippen LogP contribution >= 0.6 is 11.6 Å². The molecule has 6 heteroatoms. The van der Waals surface area contributed by atoms with Crippen molar-refractivity contribution in [2.24, 2.45) is 10.9 Å². The molecule has 0 heterocycles. The molecule has 0 aliphatic rings. The molecule has 108 valence electrons. The topological polar surface area (TPSA) is 87.7 Å². The summed E-state index contributed by atoms with van der Waals surface area (Å²) < 4.78 is 0. The van der Waals surface area contributed by atoms with Crippen LogP contribution in [0.1, 0.15) is 11.5 Å². The fourth-order valence-corrected chi connectivity index (χ4v) is 2.03. The van der Waals surface area contributed by atoms with Crippen LogP contribution in [0.15, 0.2) is 59.8 Å². The van der Waals surface area contributed by atoms with Crippen molar-refractivity contribution in [3.63, 3.8) is 0 Å². The SMILES string of the molecule is NC(=NO)C(C(=O)Nc1ccc(Cl)cc1)c1ccccc1. The summed E-state index contributed by atoms with van der Waals surface area (Å²) in [7, 11) is 0. The molecule has 1 amide bonds. The van der Waals surface area contributed by atoms with Gasteiger partial charge in [0.15, 0.2) is 5.84 Å². The standard InChI is InChI=1S/C15H14ClN3O2/c16-11-6-8-12(9-7-11)18-15(20)13(14(17)19-21)10-4-2-1-3-5-10/h1-9,13,21H,(H2,17,19)(H,18,20). The van der Waals surface area contributed by atoms with E-state index in [1.54, 1.807) is 48.5 Å². The Morgan fingerprint density at radius 2 is 1.76 bits per heavy atom. The largest absolute Gasteiger partial charge is 0.409 e. The summed E-state index contributed by atoms with van der Waals surface area (Å²) in [5, 5.41) is 15.1. The number of carbonyl (C=O) groups excluding carboxylic acids is 1. The number of nitrogens with one attached hydrogen (secondary N) is 1. The van der Waals surface area contributed by atoms with Crippen molar-refractivity contribution < 1.29 is 10.0 Å². The average Bonchev–Trinajstić information content (AvgIpc) is 2.50. The maximum atomic E-state index is 12.4. The van der Waals surface area contributed by atoms with E-state index in [0.29, 0.717) is 16.3 Å². The van der Waals surface area contributed by atoms with E-state index in [1.165, 1.54) is 0 Å². The molecular weight excluding hydrogens is 290 g/mol. The van der Waals surface area contributed by atoms with Gasteiger partial charge >= 0.3 is 0 Å². The van der Waals surface area contributed by atoms with Gasteiger partial charge in [-0.1, -0.05) is 47.1 Å². The Labute approximate surface area is 127 Å². The van der Waals surface area contributed by atoms with Crippen LogP contribution in [0.5, 0.6) is 0 Å². The molecule has 21 heavy (non-hydrogen) atoms. The Hall–Kier alpha value is -2.53. The molecule has 0 aromatic heterocycles. The maximum Gasteiger partial charge on any atom is 0.239 e. The first kappa shape index (κ1) is 14.9. The molecule has 2 aromatic rings. The van der Waals surface area contributed by atoms with Crippen molar-refractivity contribution in [3.05, 3.63) is 65.2 Å². The van der Waals surface area contributed by atoms with Crippen LogP contribution in [-0.4, -0.2) is 17.0 Å². The molecule has 0 saturated carbocycles. The summed E-state index contributed by atoms with van der Waals surface area (Å²) in [6.07, 6.45) is 0. The van der Waals surface area contributed by atoms with Crippen LogP contribution in [-0.2, 0) is 4.79 Å². The van der Waals surface area contributed by atoms with E-state index >= 15 is 0 Å². The smallest absolute Gasteiger partial charge is 0.239 e. The Morgan fingerprint density at radius 1 is 1.14 bits per heavy atom. The highest BCUT2D eigenvalue weighted by molar-refractivity contribution is 6.30. The van der Waals surface area contributed by atoms with Crippen LogP contribution in [0.2, 0.25) is 5.02 Å². The third-order valence-corrected chi connectivity index (χ3v) is 3.17. The minimum atomic E-state index is -0.869. The van der Waals surface area contributed by atoms with Crippen LogP contribution < -0.4 is 11.1 Å². The molecule has 0 spiro atoms. The molecule has 0 fully saturated rings. The molecule has 5 nitrogen and oxygen atoms in total. The lowest BCUT2D eigenvalue weighted by atomic mass is 9.97. The molecule has 0 aliphatic carbocycles. The number of hydrogen-bond donors (Lipinski definition) is 3. The third kappa shape index (κ3) is 3.73. The van der Waals surface area contributed by atoms with Gasteiger partial charge in [-0.15, -0.1) is 0 Å². The van der Waals surface area contributed by atoms with Gasteiger partial charge in [0.05, 0.1) is 0 Å². The normalized spacial score (nSPS) is 12.7. The highest BCUT2D eigenvalue weighted by atomic mass is 35.5. The lowest BCUT2D eigenvalue weighted by Crippen LogP contribution is -2.32. The highest BCUT2D eigenvalue weighted by Gasteiger charge is 2.25. The molecule has 0 saturated heterocycles. The number of rotatable bonds is 4. The van der Waals surface area contributed by atoms with E-state index in [-0.39, 0.29) is 11.7 Å². The van der Waals surface area contributed by atoms with Crippen molar-refractivity contribution in [3.8, 4) is 0 Å². The Bertz CT molecular complexity index is 642. The van der Waals surface area contributed by atoms with Crippen molar-refractivity contribution in [2.45, 2.75) is 5.92 Å². The zero-order valence-corrected chi connectivity index (χ0v) is 11.8. The van der Waals surface area contributed by atoms with Crippen LogP contribution in [0.25, 0.3) is 0 Å². The summed E-state index contributed by atoms with van der Waals surface area (Å²) in [5.41, 5.74) is 6.86. The van der Waals surface area contributed by atoms with E-state index in [2.05, 4.69) is 10.5 Å². The number of halogens is 1. The van der Waals surface area contributed by atoms with Gasteiger partial charge in [0.2, 0.25) is 5.91 Å². The molecule has 4 N–H and O–H groups in total. The van der Waals surface area contributed by atoms with E-state index < -0.39 is 5.92 Å². The molecule has 2 rings (SSSR count). The second-order valence-electron chi connectivity index (χ2n) is 4.36. The summed E-state index contributed by atoms with van der Waals surface area (Å²) >= 11 is 5.79.